The zero-order valence-electron chi connectivity index (χ0n) is 10.5. The van der Waals surface area contributed by atoms with Gasteiger partial charge in [0.1, 0.15) is 0 Å². The maximum Gasteiger partial charge on any atom is 0.317 e. The zero-order valence-corrected chi connectivity index (χ0v) is 10.5. The van der Waals surface area contributed by atoms with Crippen molar-refractivity contribution in [2.24, 2.45) is 0 Å². The van der Waals surface area contributed by atoms with E-state index in [-0.39, 0.29) is 12.6 Å². The molecule has 2 amide bonds. The van der Waals surface area contributed by atoms with Crippen molar-refractivity contribution in [1.82, 2.24) is 15.2 Å². The highest BCUT2D eigenvalue weighted by Gasteiger charge is 2.18. The molecule has 0 aliphatic heterocycles. The molecule has 0 aliphatic rings. The first-order valence-corrected chi connectivity index (χ1v) is 5.49. The Morgan fingerprint density at radius 3 is 2.59 bits per heavy atom. The second-order valence-corrected chi connectivity index (χ2v) is 4.68. The Morgan fingerprint density at radius 1 is 1.47 bits per heavy atom. The highest BCUT2D eigenvalue weighted by molar-refractivity contribution is 5.73. The third kappa shape index (κ3) is 5.31. The number of amides is 2. The van der Waals surface area contributed by atoms with E-state index in [4.69, 9.17) is 0 Å². The Labute approximate surface area is 101 Å². The first kappa shape index (κ1) is 13.4. The van der Waals surface area contributed by atoms with Gasteiger partial charge in [-0.3, -0.25) is 4.98 Å². The average Bonchev–Trinajstić information content (AvgIpc) is 2.25. The molecule has 0 saturated carbocycles. The minimum atomic E-state index is -0.886. The van der Waals surface area contributed by atoms with Gasteiger partial charge >= 0.3 is 6.03 Å². The molecular formula is C12H19N3O2. The van der Waals surface area contributed by atoms with Crippen LogP contribution < -0.4 is 5.32 Å². The van der Waals surface area contributed by atoms with Crippen molar-refractivity contribution in [1.29, 1.82) is 0 Å². The molecule has 5 nitrogen and oxygen atoms in total. The number of carbonyl (C=O) groups excluding carboxylic acids is 1. The summed E-state index contributed by atoms with van der Waals surface area (Å²) in [6, 6.07) is 3.48. The van der Waals surface area contributed by atoms with Crippen LogP contribution in [0.4, 0.5) is 4.79 Å². The Morgan fingerprint density at radius 2 is 2.06 bits per heavy atom. The highest BCUT2D eigenvalue weighted by Crippen LogP contribution is 2.03. The largest absolute Gasteiger partial charge is 0.389 e. The van der Waals surface area contributed by atoms with Crippen molar-refractivity contribution >= 4 is 6.03 Å². The van der Waals surface area contributed by atoms with Gasteiger partial charge in [0.15, 0.2) is 0 Å². The van der Waals surface area contributed by atoms with Gasteiger partial charge in [-0.25, -0.2) is 4.79 Å². The molecule has 1 rings (SSSR count). The van der Waals surface area contributed by atoms with Crippen molar-refractivity contribution in [3.05, 3.63) is 30.1 Å². The summed E-state index contributed by atoms with van der Waals surface area (Å²) in [7, 11) is 1.65. The van der Waals surface area contributed by atoms with Gasteiger partial charge in [-0.2, -0.15) is 0 Å². The molecule has 94 valence electrons. The summed E-state index contributed by atoms with van der Waals surface area (Å²) in [4.78, 5) is 17.0. The topological polar surface area (TPSA) is 65.5 Å². The van der Waals surface area contributed by atoms with Crippen LogP contribution in [-0.2, 0) is 6.54 Å². The molecular weight excluding hydrogens is 218 g/mol. The van der Waals surface area contributed by atoms with Crippen LogP contribution >= 0.6 is 0 Å². The predicted octanol–water partition coefficient (Wildman–Crippen LogP) is 0.994. The fourth-order valence-corrected chi connectivity index (χ4v) is 1.47. The third-order valence-electron chi connectivity index (χ3n) is 2.16. The normalized spacial score (nSPS) is 11.1. The number of rotatable bonds is 4. The standard InChI is InChI=1S/C12H19N3O2/c1-12(2,17)9-15(3)11(16)14-8-10-4-6-13-7-5-10/h4-7,17H,8-9H2,1-3H3,(H,14,16). The summed E-state index contributed by atoms with van der Waals surface area (Å²) in [5.41, 5.74) is 0.105. The van der Waals surface area contributed by atoms with Crippen molar-refractivity contribution in [3.8, 4) is 0 Å². The smallest absolute Gasteiger partial charge is 0.317 e. The molecule has 1 aromatic heterocycles. The summed E-state index contributed by atoms with van der Waals surface area (Å²) in [5, 5.41) is 12.4. The van der Waals surface area contributed by atoms with Crippen LogP contribution in [-0.4, -0.2) is 40.2 Å². The Balaban J connectivity index is 2.40. The molecule has 17 heavy (non-hydrogen) atoms. The first-order chi connectivity index (χ1) is 7.88. The number of pyridine rings is 1. The predicted molar refractivity (Wildman–Crippen MR) is 65.4 cm³/mol. The van der Waals surface area contributed by atoms with Crippen LogP contribution in [0.25, 0.3) is 0 Å². The van der Waals surface area contributed by atoms with Crippen LogP contribution in [0.1, 0.15) is 19.4 Å². The molecule has 5 heteroatoms. The molecule has 0 bridgehead atoms. The Bertz CT molecular complexity index is 360. The molecule has 0 atom stereocenters. The Kier molecular flexibility index (Phi) is 4.45. The van der Waals surface area contributed by atoms with E-state index in [0.717, 1.165) is 5.56 Å². The number of likely N-dealkylation sites (N-methyl/N-ethyl adjacent to an activating group) is 1. The fourth-order valence-electron chi connectivity index (χ4n) is 1.47. The van der Waals surface area contributed by atoms with Crippen LogP contribution in [0.15, 0.2) is 24.5 Å². The molecule has 0 aromatic carbocycles. The molecule has 2 N–H and O–H groups in total. The number of carbonyl (C=O) groups is 1. The minimum Gasteiger partial charge on any atom is -0.389 e. The lowest BCUT2D eigenvalue weighted by molar-refractivity contribution is 0.0531. The number of nitrogens with zero attached hydrogens (tertiary/aromatic N) is 2. The summed E-state index contributed by atoms with van der Waals surface area (Å²) >= 11 is 0. The van der Waals surface area contributed by atoms with Crippen molar-refractivity contribution in [2.45, 2.75) is 26.0 Å². The zero-order chi connectivity index (χ0) is 12.9. The monoisotopic (exact) mass is 237 g/mol. The number of nitrogens with one attached hydrogen (secondary N) is 1. The summed E-state index contributed by atoms with van der Waals surface area (Å²) in [6.07, 6.45) is 3.37. The van der Waals surface area contributed by atoms with Crippen LogP contribution in [0.2, 0.25) is 0 Å². The van der Waals surface area contributed by atoms with Crippen molar-refractivity contribution in [3.63, 3.8) is 0 Å². The summed E-state index contributed by atoms with van der Waals surface area (Å²) in [6.45, 7) is 4.08. The van der Waals surface area contributed by atoms with Gasteiger partial charge in [0.25, 0.3) is 0 Å². The number of aromatic nitrogens is 1. The quantitative estimate of drug-likeness (QED) is 0.821. The molecule has 0 spiro atoms. The second-order valence-electron chi connectivity index (χ2n) is 4.68. The van der Waals surface area contributed by atoms with Crippen molar-refractivity contribution in [2.75, 3.05) is 13.6 Å². The van der Waals surface area contributed by atoms with E-state index in [1.165, 1.54) is 4.90 Å². The molecule has 0 unspecified atom stereocenters. The van der Waals surface area contributed by atoms with E-state index in [9.17, 15) is 9.90 Å². The maximum absolute atomic E-state index is 11.7. The third-order valence-corrected chi connectivity index (χ3v) is 2.16. The second kappa shape index (κ2) is 5.63. The number of hydrogen-bond acceptors (Lipinski definition) is 3. The summed E-state index contributed by atoms with van der Waals surface area (Å²) in [5.74, 6) is 0. The van der Waals surface area contributed by atoms with E-state index in [1.54, 1.807) is 33.3 Å². The van der Waals surface area contributed by atoms with Crippen LogP contribution in [0.5, 0.6) is 0 Å². The van der Waals surface area contributed by atoms with Gasteiger partial charge in [0, 0.05) is 26.0 Å². The first-order valence-electron chi connectivity index (χ1n) is 5.49. The van der Waals surface area contributed by atoms with Gasteiger partial charge in [-0.1, -0.05) is 0 Å². The molecule has 0 radical (unpaired) electrons. The minimum absolute atomic E-state index is 0.205. The molecule has 1 aromatic rings. The van der Waals surface area contributed by atoms with Gasteiger partial charge in [-0.15, -0.1) is 0 Å². The van der Waals surface area contributed by atoms with E-state index < -0.39 is 5.60 Å². The number of aliphatic hydroxyl groups is 1. The van der Waals surface area contributed by atoms with Gasteiger partial charge < -0.3 is 15.3 Å². The van der Waals surface area contributed by atoms with Gasteiger partial charge in [-0.05, 0) is 31.5 Å². The SMILES string of the molecule is CN(CC(C)(C)O)C(=O)NCc1ccncc1. The van der Waals surface area contributed by atoms with E-state index >= 15 is 0 Å². The highest BCUT2D eigenvalue weighted by atomic mass is 16.3. The van der Waals surface area contributed by atoms with Crippen LogP contribution in [0, 0.1) is 0 Å². The van der Waals surface area contributed by atoms with E-state index in [2.05, 4.69) is 10.3 Å². The average molecular weight is 237 g/mol. The maximum atomic E-state index is 11.7. The van der Waals surface area contributed by atoms with Crippen molar-refractivity contribution < 1.29 is 9.90 Å². The lowest BCUT2D eigenvalue weighted by atomic mass is 10.1. The van der Waals surface area contributed by atoms with E-state index in [0.29, 0.717) is 6.54 Å². The Hall–Kier alpha value is -1.62. The van der Waals surface area contributed by atoms with Gasteiger partial charge in [0.2, 0.25) is 0 Å². The molecule has 0 fully saturated rings. The molecule has 0 saturated heterocycles. The fraction of sp³-hybridized carbons (Fsp3) is 0.500. The summed E-state index contributed by atoms with van der Waals surface area (Å²) < 4.78 is 0. The lowest BCUT2D eigenvalue weighted by Crippen LogP contribution is -2.44. The molecule has 0 aliphatic carbocycles. The lowest BCUT2D eigenvalue weighted by Gasteiger charge is -2.25. The van der Waals surface area contributed by atoms with Crippen LogP contribution in [0.3, 0.4) is 0 Å². The van der Waals surface area contributed by atoms with Gasteiger partial charge in [0.05, 0.1) is 12.1 Å². The number of urea groups is 1. The molecule has 1 heterocycles. The number of hydrogen-bond donors (Lipinski definition) is 2. The van der Waals surface area contributed by atoms with E-state index in [1.807, 2.05) is 12.1 Å².